The third-order valence-electron chi connectivity index (χ3n) is 11.2. The Morgan fingerprint density at radius 1 is 0.453 bits per heavy atom. The van der Waals surface area contributed by atoms with Crippen LogP contribution in [0.5, 0.6) is 0 Å². The fourth-order valence-electron chi connectivity index (χ4n) is 8.56. The Kier molecular flexibility index (Phi) is 6.27. The average Bonchev–Trinajstić information content (AvgIpc) is 3.81. The molecule has 250 valence electrons. The van der Waals surface area contributed by atoms with E-state index < -0.39 is 0 Å². The molecule has 4 heteroatoms. The van der Waals surface area contributed by atoms with Crippen molar-refractivity contribution in [2.45, 2.75) is 19.3 Å². The summed E-state index contributed by atoms with van der Waals surface area (Å²) < 4.78 is 8.86. The molecule has 0 bridgehead atoms. The van der Waals surface area contributed by atoms with Gasteiger partial charge in [-0.1, -0.05) is 129 Å². The van der Waals surface area contributed by atoms with Gasteiger partial charge >= 0.3 is 0 Å². The van der Waals surface area contributed by atoms with E-state index in [0.717, 1.165) is 61.2 Å². The molecule has 7 aromatic carbocycles. The second kappa shape index (κ2) is 11.1. The van der Waals surface area contributed by atoms with Crippen molar-refractivity contribution < 1.29 is 4.42 Å². The highest BCUT2D eigenvalue weighted by Crippen LogP contribution is 2.51. The molecule has 4 nitrogen and oxygen atoms in total. The summed E-state index contributed by atoms with van der Waals surface area (Å²) >= 11 is 0. The standard InChI is InChI=1S/C49H33N3O/c1-49(2)40-19-11-9-17-34(40)36-25-37-38-27-47-39(35-18-10-12-20-46(35)53-47)26-44(38)52(45(37)28-41(36)49)33-23-21-31(22-24-33)43-29-42(30-13-5-3-6-14-30)50-48(51-43)32-15-7-4-8-16-32/h3-29H,1-2H3. The van der Waals surface area contributed by atoms with Gasteiger partial charge in [0.1, 0.15) is 11.2 Å². The maximum Gasteiger partial charge on any atom is 0.160 e. The third kappa shape index (κ3) is 4.49. The van der Waals surface area contributed by atoms with Crippen LogP contribution in [0.3, 0.4) is 0 Å². The Labute approximate surface area is 306 Å². The van der Waals surface area contributed by atoms with E-state index in [-0.39, 0.29) is 5.41 Å². The minimum Gasteiger partial charge on any atom is -0.456 e. The van der Waals surface area contributed by atoms with E-state index in [4.69, 9.17) is 14.4 Å². The molecule has 0 N–H and O–H groups in total. The maximum atomic E-state index is 6.43. The zero-order valence-corrected chi connectivity index (χ0v) is 29.3. The SMILES string of the molecule is CC1(C)c2ccccc2-c2cc3c4cc5oc6ccccc6c5cc4n(-c4ccc(-c5cc(-c6ccccc6)nc(-c6ccccc6)n5)cc4)c3cc21. The summed E-state index contributed by atoms with van der Waals surface area (Å²) in [6.07, 6.45) is 0. The van der Waals surface area contributed by atoms with Gasteiger partial charge in [0.25, 0.3) is 0 Å². The molecular weight excluding hydrogens is 647 g/mol. The van der Waals surface area contributed by atoms with E-state index in [9.17, 15) is 0 Å². The molecule has 11 rings (SSSR count). The zero-order valence-electron chi connectivity index (χ0n) is 29.3. The van der Waals surface area contributed by atoms with Crippen LogP contribution in [0.4, 0.5) is 0 Å². The first-order chi connectivity index (χ1) is 26.0. The molecule has 0 spiro atoms. The van der Waals surface area contributed by atoms with Gasteiger partial charge in [-0.2, -0.15) is 0 Å². The topological polar surface area (TPSA) is 43.9 Å². The van der Waals surface area contributed by atoms with Crippen molar-refractivity contribution in [3.63, 3.8) is 0 Å². The quantitative estimate of drug-likeness (QED) is 0.186. The molecule has 1 aliphatic carbocycles. The van der Waals surface area contributed by atoms with E-state index >= 15 is 0 Å². The van der Waals surface area contributed by atoms with Crippen LogP contribution in [0.1, 0.15) is 25.0 Å². The van der Waals surface area contributed by atoms with Gasteiger partial charge in [-0.15, -0.1) is 0 Å². The van der Waals surface area contributed by atoms with Gasteiger partial charge in [0.2, 0.25) is 0 Å². The summed E-state index contributed by atoms with van der Waals surface area (Å²) in [5.41, 5.74) is 15.3. The fraction of sp³-hybridized carbons (Fsp3) is 0.0612. The molecule has 0 saturated carbocycles. The van der Waals surface area contributed by atoms with Crippen LogP contribution in [0, 0.1) is 0 Å². The fourth-order valence-corrected chi connectivity index (χ4v) is 8.56. The van der Waals surface area contributed by atoms with Crippen LogP contribution in [0.2, 0.25) is 0 Å². The molecule has 3 heterocycles. The molecule has 0 fully saturated rings. The summed E-state index contributed by atoms with van der Waals surface area (Å²) in [4.78, 5) is 10.1. The summed E-state index contributed by atoms with van der Waals surface area (Å²) in [6, 6.07) is 58.1. The number of aromatic nitrogens is 3. The van der Waals surface area contributed by atoms with E-state index in [0.29, 0.717) is 5.82 Å². The van der Waals surface area contributed by atoms with Gasteiger partial charge in [-0.3, -0.25) is 0 Å². The molecule has 1 aliphatic rings. The van der Waals surface area contributed by atoms with E-state index in [1.54, 1.807) is 0 Å². The predicted octanol–water partition coefficient (Wildman–Crippen LogP) is 12.8. The number of nitrogens with zero attached hydrogens (tertiary/aromatic N) is 3. The molecule has 53 heavy (non-hydrogen) atoms. The molecule has 3 aromatic heterocycles. The lowest BCUT2D eigenvalue weighted by molar-refractivity contribution is 0.661. The predicted molar refractivity (Wildman–Crippen MR) is 218 cm³/mol. The largest absolute Gasteiger partial charge is 0.456 e. The summed E-state index contributed by atoms with van der Waals surface area (Å²) in [7, 11) is 0. The highest BCUT2D eigenvalue weighted by molar-refractivity contribution is 6.18. The molecule has 0 aliphatic heterocycles. The summed E-state index contributed by atoms with van der Waals surface area (Å²) in [5, 5.41) is 4.64. The number of fused-ring (bicyclic) bond motifs is 9. The lowest BCUT2D eigenvalue weighted by Gasteiger charge is -2.21. The van der Waals surface area contributed by atoms with Gasteiger partial charge in [0.15, 0.2) is 5.82 Å². The number of para-hydroxylation sites is 1. The van der Waals surface area contributed by atoms with Crippen molar-refractivity contribution in [2.24, 2.45) is 0 Å². The number of rotatable bonds is 4. The number of furan rings is 1. The minimum atomic E-state index is -0.116. The number of hydrogen-bond acceptors (Lipinski definition) is 3. The van der Waals surface area contributed by atoms with Gasteiger partial charge in [-0.25, -0.2) is 9.97 Å². The Hall–Kier alpha value is -6.78. The summed E-state index contributed by atoms with van der Waals surface area (Å²) in [5.74, 6) is 0.710. The first-order valence-electron chi connectivity index (χ1n) is 18.2. The monoisotopic (exact) mass is 679 g/mol. The van der Waals surface area contributed by atoms with Crippen molar-refractivity contribution in [2.75, 3.05) is 0 Å². The third-order valence-corrected chi connectivity index (χ3v) is 11.2. The van der Waals surface area contributed by atoms with Crippen molar-refractivity contribution >= 4 is 43.7 Å². The highest BCUT2D eigenvalue weighted by atomic mass is 16.3. The second-order valence-corrected chi connectivity index (χ2v) is 14.6. The number of hydrogen-bond donors (Lipinski definition) is 0. The first kappa shape index (κ1) is 29.9. The molecule has 0 saturated heterocycles. The van der Waals surface area contributed by atoms with Crippen molar-refractivity contribution in [3.8, 4) is 50.7 Å². The lowest BCUT2D eigenvalue weighted by atomic mass is 9.82. The van der Waals surface area contributed by atoms with Gasteiger partial charge in [-0.05, 0) is 70.8 Å². The normalized spacial score (nSPS) is 13.2. The molecule has 0 amide bonds. The Morgan fingerprint density at radius 2 is 1.08 bits per heavy atom. The van der Waals surface area contributed by atoms with Crippen molar-refractivity contribution in [1.29, 1.82) is 0 Å². The molecule has 0 radical (unpaired) electrons. The van der Waals surface area contributed by atoms with Gasteiger partial charge < -0.3 is 8.98 Å². The Balaban J connectivity index is 1.13. The van der Waals surface area contributed by atoms with Gasteiger partial charge in [0.05, 0.1) is 22.4 Å². The molecule has 0 atom stereocenters. The first-order valence-corrected chi connectivity index (χ1v) is 18.2. The molecule has 10 aromatic rings. The van der Waals surface area contributed by atoms with Crippen molar-refractivity contribution in [3.05, 3.63) is 175 Å². The molecule has 0 unspecified atom stereocenters. The maximum absolute atomic E-state index is 6.43. The highest BCUT2D eigenvalue weighted by Gasteiger charge is 2.36. The van der Waals surface area contributed by atoms with Crippen molar-refractivity contribution in [1.82, 2.24) is 14.5 Å². The summed E-state index contributed by atoms with van der Waals surface area (Å²) in [6.45, 7) is 4.69. The average molecular weight is 680 g/mol. The van der Waals surface area contributed by atoms with E-state index in [1.807, 2.05) is 30.3 Å². The van der Waals surface area contributed by atoms with E-state index in [2.05, 4.69) is 152 Å². The van der Waals surface area contributed by atoms with Crippen LogP contribution < -0.4 is 0 Å². The molecular formula is C49H33N3O. The van der Waals surface area contributed by atoms with Crippen LogP contribution in [0.15, 0.2) is 168 Å². The van der Waals surface area contributed by atoms with Crippen LogP contribution >= 0.6 is 0 Å². The smallest absolute Gasteiger partial charge is 0.160 e. The van der Waals surface area contributed by atoms with Crippen LogP contribution in [-0.2, 0) is 5.41 Å². The Bertz CT molecular complexity index is 3000. The van der Waals surface area contributed by atoms with E-state index in [1.165, 1.54) is 38.5 Å². The Morgan fingerprint density at radius 3 is 1.85 bits per heavy atom. The lowest BCUT2D eigenvalue weighted by Crippen LogP contribution is -2.14. The van der Waals surface area contributed by atoms with Crippen LogP contribution in [-0.4, -0.2) is 14.5 Å². The minimum absolute atomic E-state index is 0.116. The van der Waals surface area contributed by atoms with Gasteiger partial charge in [0, 0.05) is 49.3 Å². The van der Waals surface area contributed by atoms with Crippen LogP contribution in [0.25, 0.3) is 94.5 Å². The number of benzene rings is 7. The zero-order chi connectivity index (χ0) is 35.3. The second-order valence-electron chi connectivity index (χ2n) is 14.6.